The average Bonchev–Trinajstić information content (AvgIpc) is 1.80. The molecule has 0 aromatic carbocycles. The fourth-order valence-corrected chi connectivity index (χ4v) is 1.02. The van der Waals surface area contributed by atoms with Crippen molar-refractivity contribution in [1.82, 2.24) is 0 Å². The second-order valence-corrected chi connectivity index (χ2v) is 4.63. The van der Waals surface area contributed by atoms with Crippen LogP contribution in [0.5, 0.6) is 0 Å². The number of hydrogen-bond acceptors (Lipinski definition) is 2. The number of methoxy groups -OCH3 is 1. The predicted molar refractivity (Wildman–Crippen MR) is 45.4 cm³/mol. The Labute approximate surface area is 71.0 Å². The lowest BCUT2D eigenvalue weighted by atomic mass is 10.2. The second kappa shape index (κ2) is 4.31. The Morgan fingerprint density at radius 2 is 2.00 bits per heavy atom. The molecule has 2 nitrogen and oxygen atoms in total. The molecule has 0 saturated carbocycles. The number of ether oxygens (including phenoxy) is 2. The van der Waals surface area contributed by atoms with Crippen LogP contribution in [0.25, 0.3) is 0 Å². The fourth-order valence-electron chi connectivity index (χ4n) is 0.698. The van der Waals surface area contributed by atoms with Crippen LogP contribution in [0.4, 0.5) is 0 Å². The lowest BCUT2D eigenvalue weighted by Gasteiger charge is -2.26. The Balaban J connectivity index is 3.81. The first-order valence-electron chi connectivity index (χ1n) is 3.35. The molecule has 0 bridgehead atoms. The van der Waals surface area contributed by atoms with Crippen LogP contribution in [0.15, 0.2) is 0 Å². The van der Waals surface area contributed by atoms with Gasteiger partial charge < -0.3 is 9.47 Å². The first kappa shape index (κ1) is 10.4. The van der Waals surface area contributed by atoms with Crippen LogP contribution < -0.4 is 0 Å². The third kappa shape index (κ3) is 3.54. The first-order chi connectivity index (χ1) is 4.52. The Kier molecular flexibility index (Phi) is 4.49. The first-order valence-corrected chi connectivity index (χ1v) is 4.15. The largest absolute Gasteiger partial charge is 0.354 e. The summed E-state index contributed by atoms with van der Waals surface area (Å²) in [5.41, 5.74) is 0. The highest BCUT2D eigenvalue weighted by Gasteiger charge is 2.26. The monoisotopic (exact) mass is 210 g/mol. The van der Waals surface area contributed by atoms with Gasteiger partial charge in [-0.05, 0) is 20.8 Å². The van der Waals surface area contributed by atoms with Crippen molar-refractivity contribution >= 4 is 15.9 Å². The molecule has 3 heteroatoms. The minimum Gasteiger partial charge on any atom is -0.354 e. The number of rotatable bonds is 4. The Bertz CT molecular complexity index is 88.1. The zero-order chi connectivity index (χ0) is 8.20. The lowest BCUT2D eigenvalue weighted by molar-refractivity contribution is -0.133. The van der Waals surface area contributed by atoms with Gasteiger partial charge in [-0.2, -0.15) is 0 Å². The number of alkyl halides is 1. The van der Waals surface area contributed by atoms with E-state index in [-0.39, 0.29) is 10.6 Å². The molecule has 0 aliphatic carbocycles. The molecule has 0 saturated heterocycles. The van der Waals surface area contributed by atoms with E-state index in [0.29, 0.717) is 6.61 Å². The molecule has 0 aliphatic heterocycles. The van der Waals surface area contributed by atoms with Crippen molar-refractivity contribution in [1.29, 1.82) is 0 Å². The summed E-state index contributed by atoms with van der Waals surface area (Å²) >= 11 is 3.46. The summed E-state index contributed by atoms with van der Waals surface area (Å²) in [7, 11) is 1.64. The van der Waals surface area contributed by atoms with Crippen LogP contribution in [-0.2, 0) is 9.47 Å². The molecular formula is C7H15BrO2. The van der Waals surface area contributed by atoms with E-state index in [1.54, 1.807) is 7.11 Å². The number of halogens is 1. The van der Waals surface area contributed by atoms with Gasteiger partial charge in [-0.3, -0.25) is 0 Å². The molecule has 62 valence electrons. The molecule has 0 radical (unpaired) electrons. The van der Waals surface area contributed by atoms with E-state index >= 15 is 0 Å². The van der Waals surface area contributed by atoms with E-state index in [4.69, 9.17) is 9.47 Å². The van der Waals surface area contributed by atoms with Crippen LogP contribution in [-0.4, -0.2) is 24.3 Å². The Morgan fingerprint density at radius 3 is 2.10 bits per heavy atom. The van der Waals surface area contributed by atoms with Crippen molar-refractivity contribution in [2.45, 2.75) is 31.4 Å². The van der Waals surface area contributed by atoms with Crippen molar-refractivity contribution in [2.75, 3.05) is 13.7 Å². The highest BCUT2D eigenvalue weighted by molar-refractivity contribution is 9.10. The van der Waals surface area contributed by atoms with Gasteiger partial charge in [0.25, 0.3) is 0 Å². The molecular weight excluding hydrogens is 196 g/mol. The summed E-state index contributed by atoms with van der Waals surface area (Å²) in [6.45, 7) is 6.64. The summed E-state index contributed by atoms with van der Waals surface area (Å²) in [5, 5.41) is 0. The van der Waals surface area contributed by atoms with Crippen molar-refractivity contribution in [3.63, 3.8) is 0 Å². The van der Waals surface area contributed by atoms with Crippen molar-refractivity contribution in [3.05, 3.63) is 0 Å². The van der Waals surface area contributed by atoms with E-state index < -0.39 is 0 Å². The van der Waals surface area contributed by atoms with Gasteiger partial charge in [-0.1, -0.05) is 15.9 Å². The highest BCUT2D eigenvalue weighted by Crippen LogP contribution is 2.23. The molecule has 0 rings (SSSR count). The van der Waals surface area contributed by atoms with Crippen LogP contribution >= 0.6 is 15.9 Å². The normalized spacial score (nSPS) is 15.3. The van der Waals surface area contributed by atoms with E-state index in [0.717, 1.165) is 0 Å². The van der Waals surface area contributed by atoms with E-state index in [1.165, 1.54) is 0 Å². The molecule has 0 fully saturated rings. The van der Waals surface area contributed by atoms with Crippen molar-refractivity contribution < 1.29 is 9.47 Å². The van der Waals surface area contributed by atoms with Gasteiger partial charge in [0.15, 0.2) is 6.29 Å². The van der Waals surface area contributed by atoms with E-state index in [9.17, 15) is 0 Å². The third-order valence-corrected chi connectivity index (χ3v) is 1.47. The lowest BCUT2D eigenvalue weighted by Crippen LogP contribution is -2.34. The van der Waals surface area contributed by atoms with E-state index in [1.807, 2.05) is 20.8 Å². The van der Waals surface area contributed by atoms with Gasteiger partial charge >= 0.3 is 0 Å². The molecule has 0 aliphatic rings. The Hall–Kier alpha value is 0.400. The quantitative estimate of drug-likeness (QED) is 0.524. The molecule has 1 unspecified atom stereocenters. The standard InChI is InChI=1S/C7H15BrO2/c1-5-10-6(9-4)7(2,3)8/h6H,5H2,1-4H3. The minimum atomic E-state index is -0.169. The molecule has 0 amide bonds. The molecule has 1 atom stereocenters. The maximum absolute atomic E-state index is 5.29. The van der Waals surface area contributed by atoms with Crippen molar-refractivity contribution in [2.24, 2.45) is 0 Å². The summed E-state index contributed by atoms with van der Waals surface area (Å²) < 4.78 is 10.3. The second-order valence-electron chi connectivity index (χ2n) is 2.59. The maximum Gasteiger partial charge on any atom is 0.171 e. The van der Waals surface area contributed by atoms with Crippen LogP contribution in [0.3, 0.4) is 0 Å². The van der Waals surface area contributed by atoms with Gasteiger partial charge in [-0.15, -0.1) is 0 Å². The summed E-state index contributed by atoms with van der Waals surface area (Å²) in [5.74, 6) is 0. The molecule has 0 heterocycles. The molecule has 0 N–H and O–H groups in total. The maximum atomic E-state index is 5.29. The topological polar surface area (TPSA) is 18.5 Å². The smallest absolute Gasteiger partial charge is 0.171 e. The fraction of sp³-hybridized carbons (Fsp3) is 1.00. The highest BCUT2D eigenvalue weighted by atomic mass is 79.9. The summed E-state index contributed by atoms with van der Waals surface area (Å²) in [4.78, 5) is 0. The van der Waals surface area contributed by atoms with Crippen molar-refractivity contribution in [3.8, 4) is 0 Å². The van der Waals surface area contributed by atoms with Gasteiger partial charge in [0, 0.05) is 13.7 Å². The van der Waals surface area contributed by atoms with Gasteiger partial charge in [0.2, 0.25) is 0 Å². The predicted octanol–water partition coefficient (Wildman–Crippen LogP) is 2.17. The van der Waals surface area contributed by atoms with E-state index in [2.05, 4.69) is 15.9 Å². The molecule has 10 heavy (non-hydrogen) atoms. The zero-order valence-electron chi connectivity index (χ0n) is 6.98. The SMILES string of the molecule is CCOC(OC)C(C)(C)Br. The molecule has 0 aromatic heterocycles. The third-order valence-electron chi connectivity index (χ3n) is 1.09. The summed E-state index contributed by atoms with van der Waals surface area (Å²) in [6, 6.07) is 0. The van der Waals surface area contributed by atoms with Crippen LogP contribution in [0.2, 0.25) is 0 Å². The van der Waals surface area contributed by atoms with Gasteiger partial charge in [0.1, 0.15) is 0 Å². The summed E-state index contributed by atoms with van der Waals surface area (Å²) in [6.07, 6.45) is -0.169. The minimum absolute atomic E-state index is 0.113. The van der Waals surface area contributed by atoms with Gasteiger partial charge in [-0.25, -0.2) is 0 Å². The molecule has 0 aromatic rings. The van der Waals surface area contributed by atoms with Crippen LogP contribution in [0.1, 0.15) is 20.8 Å². The zero-order valence-corrected chi connectivity index (χ0v) is 8.56. The molecule has 0 spiro atoms. The van der Waals surface area contributed by atoms with Crippen LogP contribution in [0, 0.1) is 0 Å². The van der Waals surface area contributed by atoms with Gasteiger partial charge in [0.05, 0.1) is 4.32 Å². The average molecular weight is 211 g/mol. The number of hydrogen-bond donors (Lipinski definition) is 0. The Morgan fingerprint density at radius 1 is 1.50 bits per heavy atom.